The fourth-order valence-corrected chi connectivity index (χ4v) is 1.52. The maximum Gasteiger partial charge on any atom is 0.409 e. The lowest BCUT2D eigenvalue weighted by atomic mass is 10.2. The summed E-state index contributed by atoms with van der Waals surface area (Å²) in [6.07, 6.45) is -1.13. The fraction of sp³-hybridized carbons (Fsp3) is 0.250. The molecule has 0 heterocycles. The second kappa shape index (κ2) is 6.41. The van der Waals surface area contributed by atoms with Gasteiger partial charge >= 0.3 is 6.09 Å². The summed E-state index contributed by atoms with van der Waals surface area (Å²) in [7, 11) is 3.39. The summed E-state index contributed by atoms with van der Waals surface area (Å²) < 4.78 is 0. The number of guanidine groups is 2. The molecule has 0 spiro atoms. The Morgan fingerprint density at radius 2 is 1.85 bits per heavy atom. The summed E-state index contributed by atoms with van der Waals surface area (Å²) in [4.78, 5) is 13.4. The summed E-state index contributed by atoms with van der Waals surface area (Å²) in [6.45, 7) is 0.264. The van der Waals surface area contributed by atoms with Crippen molar-refractivity contribution >= 4 is 23.7 Å². The van der Waals surface area contributed by atoms with Crippen molar-refractivity contribution in [2.24, 2.45) is 5.73 Å². The van der Waals surface area contributed by atoms with E-state index in [2.05, 4.69) is 5.32 Å². The summed E-state index contributed by atoms with van der Waals surface area (Å²) in [5.41, 5.74) is 6.74. The molecule has 8 nitrogen and oxygen atoms in total. The van der Waals surface area contributed by atoms with Crippen LogP contribution in [0.1, 0.15) is 5.56 Å². The molecule has 0 fully saturated rings. The highest BCUT2D eigenvalue weighted by Gasteiger charge is 2.15. The van der Waals surface area contributed by atoms with Crippen molar-refractivity contribution < 1.29 is 9.90 Å². The van der Waals surface area contributed by atoms with Crippen molar-refractivity contribution in [3.05, 3.63) is 29.8 Å². The van der Waals surface area contributed by atoms with Crippen LogP contribution in [0.25, 0.3) is 0 Å². The highest BCUT2D eigenvalue weighted by molar-refractivity contribution is 5.94. The van der Waals surface area contributed by atoms with E-state index in [1.165, 1.54) is 4.90 Å². The van der Waals surface area contributed by atoms with Gasteiger partial charge in [-0.25, -0.2) is 4.79 Å². The molecule has 0 unspecified atom stereocenters. The van der Waals surface area contributed by atoms with Crippen LogP contribution in [0.2, 0.25) is 0 Å². The molecule has 1 aromatic rings. The highest BCUT2D eigenvalue weighted by atomic mass is 16.4. The molecule has 0 aliphatic heterocycles. The number of rotatable bonds is 3. The third kappa shape index (κ3) is 4.16. The Balaban J connectivity index is 2.82. The van der Waals surface area contributed by atoms with E-state index in [1.807, 2.05) is 0 Å². The minimum absolute atomic E-state index is 0.102. The topological polar surface area (TPSA) is 130 Å². The van der Waals surface area contributed by atoms with Crippen LogP contribution in [-0.4, -0.2) is 47.0 Å². The number of nitrogens with one attached hydrogen (secondary N) is 3. The Morgan fingerprint density at radius 1 is 1.30 bits per heavy atom. The molecule has 0 saturated heterocycles. The molecule has 0 aliphatic carbocycles. The minimum atomic E-state index is -1.13. The smallest absolute Gasteiger partial charge is 0.409 e. The maximum atomic E-state index is 10.5. The predicted molar refractivity (Wildman–Crippen MR) is 77.0 cm³/mol. The third-order valence-electron chi connectivity index (χ3n) is 2.52. The van der Waals surface area contributed by atoms with Gasteiger partial charge in [-0.3, -0.25) is 21.0 Å². The van der Waals surface area contributed by atoms with Crippen LogP contribution in [0, 0.1) is 10.8 Å². The monoisotopic (exact) mass is 278 g/mol. The van der Waals surface area contributed by atoms with E-state index in [0.717, 1.165) is 5.56 Å². The van der Waals surface area contributed by atoms with Gasteiger partial charge in [-0.1, -0.05) is 12.1 Å². The quantitative estimate of drug-likeness (QED) is 0.415. The zero-order chi connectivity index (χ0) is 15.3. The first-order valence-corrected chi connectivity index (χ1v) is 5.77. The molecule has 0 aromatic heterocycles. The summed E-state index contributed by atoms with van der Waals surface area (Å²) in [5.74, 6) is -0.123. The van der Waals surface area contributed by atoms with E-state index in [1.54, 1.807) is 43.3 Å². The SMILES string of the molecule is CN(C)C(=N)N(Cc1ccc(NC(=O)O)cc1)C(=N)N. The molecule has 8 heteroatoms. The molecule has 20 heavy (non-hydrogen) atoms. The lowest BCUT2D eigenvalue weighted by Crippen LogP contribution is -2.46. The standard InChI is InChI=1S/C12H18N6O2/c1-17(2)11(15)18(10(13)14)7-8-3-5-9(6-4-8)16-12(19)20/h3-6,15-16H,7H2,1-2H3,(H3,13,14)(H,19,20). The number of anilines is 1. The number of nitrogens with zero attached hydrogens (tertiary/aromatic N) is 2. The van der Waals surface area contributed by atoms with Gasteiger partial charge in [-0.15, -0.1) is 0 Å². The van der Waals surface area contributed by atoms with Gasteiger partial charge in [0.1, 0.15) is 0 Å². The van der Waals surface area contributed by atoms with Crippen LogP contribution in [0.15, 0.2) is 24.3 Å². The van der Waals surface area contributed by atoms with Gasteiger partial charge in [0.25, 0.3) is 0 Å². The molecule has 1 rings (SSSR count). The first kappa shape index (κ1) is 15.3. The molecule has 0 bridgehead atoms. The molecule has 0 radical (unpaired) electrons. The largest absolute Gasteiger partial charge is 0.465 e. The van der Waals surface area contributed by atoms with E-state index >= 15 is 0 Å². The van der Waals surface area contributed by atoms with Gasteiger partial charge in [-0.2, -0.15) is 0 Å². The molecule has 0 aliphatic rings. The van der Waals surface area contributed by atoms with Gasteiger partial charge in [-0.05, 0) is 17.7 Å². The average Bonchev–Trinajstić information content (AvgIpc) is 2.35. The van der Waals surface area contributed by atoms with E-state index in [4.69, 9.17) is 21.7 Å². The molecule has 0 atom stereocenters. The number of nitrogens with two attached hydrogens (primary N) is 1. The first-order valence-electron chi connectivity index (χ1n) is 5.77. The number of amides is 1. The van der Waals surface area contributed by atoms with Gasteiger partial charge < -0.3 is 15.7 Å². The molecule has 1 aromatic carbocycles. The lowest BCUT2D eigenvalue weighted by molar-refractivity contribution is 0.210. The fourth-order valence-electron chi connectivity index (χ4n) is 1.52. The van der Waals surface area contributed by atoms with Crippen LogP contribution in [0.3, 0.4) is 0 Å². The molecule has 0 saturated carbocycles. The first-order chi connectivity index (χ1) is 9.31. The van der Waals surface area contributed by atoms with Gasteiger partial charge in [0.05, 0.1) is 6.54 Å². The molecular weight excluding hydrogens is 260 g/mol. The van der Waals surface area contributed by atoms with Gasteiger partial charge in [0.2, 0.25) is 0 Å². The summed E-state index contributed by atoms with van der Waals surface area (Å²) >= 11 is 0. The van der Waals surface area contributed by atoms with Crippen molar-refractivity contribution in [2.45, 2.75) is 6.54 Å². The minimum Gasteiger partial charge on any atom is -0.465 e. The lowest BCUT2D eigenvalue weighted by Gasteiger charge is -2.27. The number of carboxylic acid groups (broad SMARTS) is 1. The number of benzene rings is 1. The number of carbonyl (C=O) groups is 1. The Labute approximate surface area is 116 Å². The Morgan fingerprint density at radius 3 is 2.25 bits per heavy atom. The zero-order valence-electron chi connectivity index (χ0n) is 11.3. The van der Waals surface area contributed by atoms with Crippen molar-refractivity contribution in [1.82, 2.24) is 9.80 Å². The molecule has 1 amide bonds. The van der Waals surface area contributed by atoms with E-state index in [0.29, 0.717) is 5.69 Å². The van der Waals surface area contributed by atoms with Crippen molar-refractivity contribution in [3.8, 4) is 0 Å². The predicted octanol–water partition coefficient (Wildman–Crippen LogP) is 0.968. The second-order valence-corrected chi connectivity index (χ2v) is 4.32. The third-order valence-corrected chi connectivity index (χ3v) is 2.52. The van der Waals surface area contributed by atoms with Gasteiger partial charge in [0, 0.05) is 19.8 Å². The summed E-state index contributed by atoms with van der Waals surface area (Å²) in [6, 6.07) is 6.65. The zero-order valence-corrected chi connectivity index (χ0v) is 11.3. The Hall–Kier alpha value is -2.77. The van der Waals surface area contributed by atoms with E-state index in [9.17, 15) is 4.79 Å². The Bertz CT molecular complexity index is 511. The molecule has 6 N–H and O–H groups in total. The van der Waals surface area contributed by atoms with E-state index in [-0.39, 0.29) is 18.5 Å². The van der Waals surface area contributed by atoms with Crippen LogP contribution in [0.5, 0.6) is 0 Å². The average molecular weight is 278 g/mol. The van der Waals surface area contributed by atoms with Crippen LogP contribution in [-0.2, 0) is 6.54 Å². The van der Waals surface area contributed by atoms with Crippen molar-refractivity contribution in [2.75, 3.05) is 19.4 Å². The highest BCUT2D eigenvalue weighted by Crippen LogP contribution is 2.12. The van der Waals surface area contributed by atoms with Crippen LogP contribution in [0.4, 0.5) is 10.5 Å². The Kier molecular flexibility index (Phi) is 4.90. The maximum absolute atomic E-state index is 10.5. The van der Waals surface area contributed by atoms with Gasteiger partial charge in [0.15, 0.2) is 11.9 Å². The molecule has 108 valence electrons. The van der Waals surface area contributed by atoms with E-state index < -0.39 is 6.09 Å². The van der Waals surface area contributed by atoms with Crippen molar-refractivity contribution in [1.29, 1.82) is 10.8 Å². The van der Waals surface area contributed by atoms with Crippen LogP contribution >= 0.6 is 0 Å². The number of hydrogen-bond acceptors (Lipinski definition) is 3. The number of hydrogen-bond donors (Lipinski definition) is 5. The van der Waals surface area contributed by atoms with Crippen molar-refractivity contribution in [3.63, 3.8) is 0 Å². The normalized spacial score (nSPS) is 9.70. The molecular formula is C12H18N6O2. The second-order valence-electron chi connectivity index (χ2n) is 4.32. The summed E-state index contributed by atoms with van der Waals surface area (Å²) in [5, 5.41) is 26.2. The van der Waals surface area contributed by atoms with Crippen LogP contribution < -0.4 is 11.1 Å².